The standard InChI is InChI=1S/C23H24BrClN6O3/c1-13-29-20(34-12-15(26)7-9-27-4)19(24)21(32)31(13)18-11-14(5-6-16(18)25)17-8-10-28-22(30-17)23(2,3)33/h5-11,33H,12,26H2,1-4H3/b15-7-,27-9?. The lowest BCUT2D eigenvalue weighted by atomic mass is 10.1. The summed E-state index contributed by atoms with van der Waals surface area (Å²) in [7, 11) is 1.63. The third-order valence-corrected chi connectivity index (χ3v) is 5.66. The summed E-state index contributed by atoms with van der Waals surface area (Å²) < 4.78 is 7.12. The Bertz CT molecular complexity index is 1330. The summed E-state index contributed by atoms with van der Waals surface area (Å²) in [5, 5.41) is 10.6. The number of aromatic nitrogens is 4. The molecule has 0 aliphatic carbocycles. The van der Waals surface area contributed by atoms with Crippen LogP contribution in [0, 0.1) is 6.92 Å². The predicted molar refractivity (Wildman–Crippen MR) is 136 cm³/mol. The van der Waals surface area contributed by atoms with Gasteiger partial charge >= 0.3 is 0 Å². The number of hydrogen-bond donors (Lipinski definition) is 2. The van der Waals surface area contributed by atoms with Crippen molar-refractivity contribution in [2.45, 2.75) is 26.4 Å². The molecular formula is C23H24BrClN6O3. The van der Waals surface area contributed by atoms with Crippen LogP contribution in [0.5, 0.6) is 5.88 Å². The quantitative estimate of drug-likeness (QED) is 0.433. The third kappa shape index (κ3) is 5.69. The zero-order valence-corrected chi connectivity index (χ0v) is 21.4. The van der Waals surface area contributed by atoms with E-state index in [0.717, 1.165) is 0 Å². The van der Waals surface area contributed by atoms with E-state index >= 15 is 0 Å². The number of rotatable bonds is 7. The highest BCUT2D eigenvalue weighted by molar-refractivity contribution is 9.10. The van der Waals surface area contributed by atoms with Crippen LogP contribution in [-0.2, 0) is 5.60 Å². The van der Waals surface area contributed by atoms with Gasteiger partial charge in [-0.1, -0.05) is 17.7 Å². The normalized spacial score (nSPS) is 12.4. The lowest BCUT2D eigenvalue weighted by Gasteiger charge is -2.17. The van der Waals surface area contributed by atoms with Gasteiger partial charge in [0.25, 0.3) is 5.56 Å². The van der Waals surface area contributed by atoms with Crippen LogP contribution in [0.25, 0.3) is 16.9 Å². The summed E-state index contributed by atoms with van der Waals surface area (Å²) >= 11 is 9.75. The van der Waals surface area contributed by atoms with Crippen LogP contribution in [-0.4, -0.2) is 44.5 Å². The van der Waals surface area contributed by atoms with Crippen LogP contribution in [0.4, 0.5) is 0 Å². The molecule has 0 saturated heterocycles. The second kappa shape index (κ2) is 10.5. The number of allylic oxidation sites excluding steroid dienone is 1. The average molecular weight is 548 g/mol. The molecule has 0 aliphatic rings. The highest BCUT2D eigenvalue weighted by Crippen LogP contribution is 2.29. The number of benzene rings is 1. The van der Waals surface area contributed by atoms with E-state index in [1.54, 1.807) is 70.6 Å². The van der Waals surface area contributed by atoms with E-state index in [4.69, 9.17) is 22.1 Å². The summed E-state index contributed by atoms with van der Waals surface area (Å²) in [5.74, 6) is 0.750. The van der Waals surface area contributed by atoms with Crippen molar-refractivity contribution < 1.29 is 9.84 Å². The molecule has 0 radical (unpaired) electrons. The molecule has 0 aliphatic heterocycles. The fraction of sp³-hybridized carbons (Fsp3) is 0.261. The predicted octanol–water partition coefficient (Wildman–Crippen LogP) is 3.56. The maximum Gasteiger partial charge on any atom is 0.276 e. The Morgan fingerprint density at radius 1 is 1.35 bits per heavy atom. The Kier molecular flexibility index (Phi) is 7.86. The van der Waals surface area contributed by atoms with Crippen molar-refractivity contribution in [3.05, 3.63) is 73.7 Å². The molecule has 178 valence electrons. The van der Waals surface area contributed by atoms with E-state index in [9.17, 15) is 9.90 Å². The van der Waals surface area contributed by atoms with E-state index < -0.39 is 11.2 Å². The smallest absolute Gasteiger partial charge is 0.276 e. The first kappa shape index (κ1) is 25.5. The lowest BCUT2D eigenvalue weighted by molar-refractivity contribution is 0.0688. The minimum Gasteiger partial charge on any atom is -0.470 e. The topological polar surface area (TPSA) is 129 Å². The minimum atomic E-state index is -1.20. The van der Waals surface area contributed by atoms with E-state index in [1.807, 2.05) is 0 Å². The Morgan fingerprint density at radius 2 is 2.09 bits per heavy atom. The van der Waals surface area contributed by atoms with Gasteiger partial charge in [-0.05, 0) is 61.0 Å². The number of nitrogens with two attached hydrogens (primary N) is 1. The molecule has 3 aromatic rings. The first-order valence-electron chi connectivity index (χ1n) is 10.2. The van der Waals surface area contributed by atoms with Gasteiger partial charge in [-0.25, -0.2) is 9.97 Å². The van der Waals surface area contributed by atoms with E-state index in [1.165, 1.54) is 4.57 Å². The fourth-order valence-electron chi connectivity index (χ4n) is 2.99. The van der Waals surface area contributed by atoms with Crippen molar-refractivity contribution in [3.63, 3.8) is 0 Å². The maximum absolute atomic E-state index is 13.2. The lowest BCUT2D eigenvalue weighted by Crippen LogP contribution is -2.24. The number of aliphatic imine (C=N–C) groups is 1. The van der Waals surface area contributed by atoms with Gasteiger partial charge < -0.3 is 15.6 Å². The van der Waals surface area contributed by atoms with Gasteiger partial charge in [-0.2, -0.15) is 4.98 Å². The molecule has 2 heterocycles. The van der Waals surface area contributed by atoms with E-state index in [-0.39, 0.29) is 22.8 Å². The third-order valence-electron chi connectivity index (χ3n) is 4.66. The molecule has 2 aromatic heterocycles. The number of aliphatic hydroxyl groups is 1. The Balaban J connectivity index is 2.04. The second-order valence-corrected chi connectivity index (χ2v) is 9.05. The molecule has 1 aromatic carbocycles. The van der Waals surface area contributed by atoms with Crippen molar-refractivity contribution in [1.82, 2.24) is 19.5 Å². The monoisotopic (exact) mass is 546 g/mol. The minimum absolute atomic E-state index is 0.0357. The SMILES string of the molecule is CN=C/C=C(\N)COc1nc(C)n(-c2cc(-c3ccnc(C(C)(C)O)n3)ccc2Cl)c(=O)c1Br. The summed E-state index contributed by atoms with van der Waals surface area (Å²) in [6.45, 7) is 4.92. The molecular weight excluding hydrogens is 524 g/mol. The molecule has 3 rings (SSSR count). The van der Waals surface area contributed by atoms with Gasteiger partial charge in [0.2, 0.25) is 5.88 Å². The Morgan fingerprint density at radius 3 is 2.76 bits per heavy atom. The molecule has 3 N–H and O–H groups in total. The van der Waals surface area contributed by atoms with E-state index in [0.29, 0.717) is 33.5 Å². The fourth-order valence-corrected chi connectivity index (χ4v) is 3.57. The van der Waals surface area contributed by atoms with E-state index in [2.05, 4.69) is 35.9 Å². The zero-order chi connectivity index (χ0) is 25.0. The summed E-state index contributed by atoms with van der Waals surface area (Å²) in [6.07, 6.45) is 4.71. The Hall–Kier alpha value is -3.08. The van der Waals surface area contributed by atoms with Crippen LogP contribution in [0.2, 0.25) is 5.02 Å². The molecule has 0 unspecified atom stereocenters. The van der Waals surface area contributed by atoms with Crippen LogP contribution >= 0.6 is 27.5 Å². The molecule has 0 fully saturated rings. The van der Waals surface area contributed by atoms with Crippen LogP contribution in [0.15, 0.2) is 56.5 Å². The van der Waals surface area contributed by atoms with Crippen LogP contribution < -0.4 is 16.0 Å². The van der Waals surface area contributed by atoms with Gasteiger partial charge in [0.15, 0.2) is 5.82 Å². The van der Waals surface area contributed by atoms with Gasteiger partial charge in [0.05, 0.1) is 16.4 Å². The van der Waals surface area contributed by atoms with Crippen molar-refractivity contribution in [3.8, 4) is 22.8 Å². The molecule has 11 heteroatoms. The zero-order valence-electron chi connectivity index (χ0n) is 19.1. The largest absolute Gasteiger partial charge is 0.470 e. The Labute approximate surface area is 210 Å². The molecule has 9 nitrogen and oxygen atoms in total. The van der Waals surface area contributed by atoms with Gasteiger partial charge in [0.1, 0.15) is 22.5 Å². The highest BCUT2D eigenvalue weighted by atomic mass is 79.9. The highest BCUT2D eigenvalue weighted by Gasteiger charge is 2.21. The molecule has 0 amide bonds. The van der Waals surface area contributed by atoms with Gasteiger partial charge in [0, 0.05) is 30.7 Å². The molecule has 0 saturated carbocycles. The number of aryl methyl sites for hydroxylation is 1. The molecule has 0 atom stereocenters. The summed E-state index contributed by atoms with van der Waals surface area (Å²) in [6, 6.07) is 6.89. The van der Waals surface area contributed by atoms with Crippen molar-refractivity contribution in [2.24, 2.45) is 10.7 Å². The van der Waals surface area contributed by atoms with Crippen LogP contribution in [0.1, 0.15) is 25.5 Å². The molecule has 34 heavy (non-hydrogen) atoms. The summed E-state index contributed by atoms with van der Waals surface area (Å²) in [4.78, 5) is 30.1. The maximum atomic E-state index is 13.2. The second-order valence-electron chi connectivity index (χ2n) is 7.85. The summed E-state index contributed by atoms with van der Waals surface area (Å²) in [5.41, 5.74) is 6.35. The average Bonchev–Trinajstić information content (AvgIpc) is 2.79. The van der Waals surface area contributed by atoms with Gasteiger partial charge in [-0.15, -0.1) is 0 Å². The number of ether oxygens (including phenoxy) is 1. The van der Waals surface area contributed by atoms with Gasteiger partial charge in [-0.3, -0.25) is 14.4 Å². The van der Waals surface area contributed by atoms with Crippen LogP contribution in [0.3, 0.4) is 0 Å². The van der Waals surface area contributed by atoms with Crippen molar-refractivity contribution in [2.75, 3.05) is 13.7 Å². The first-order chi connectivity index (χ1) is 16.0. The number of halogens is 2. The van der Waals surface area contributed by atoms with Crippen molar-refractivity contribution in [1.29, 1.82) is 0 Å². The first-order valence-corrected chi connectivity index (χ1v) is 11.3. The number of nitrogens with zero attached hydrogens (tertiary/aromatic N) is 5. The molecule has 0 spiro atoms. The van der Waals surface area contributed by atoms with Crippen molar-refractivity contribution >= 4 is 33.7 Å². The molecule has 0 bridgehead atoms. The number of hydrogen-bond acceptors (Lipinski definition) is 8.